The highest BCUT2D eigenvalue weighted by atomic mass is 16.5. The zero-order valence-electron chi connectivity index (χ0n) is 9.63. The minimum Gasteiger partial charge on any atom is -0.381 e. The molecule has 0 amide bonds. The first kappa shape index (κ1) is 11.4. The van der Waals surface area contributed by atoms with Gasteiger partial charge in [0.1, 0.15) is 0 Å². The SMILES string of the molecule is C1CNCC(COCC2CCCNC2)C1. The number of hydrogen-bond acceptors (Lipinski definition) is 3. The Morgan fingerprint density at radius 1 is 0.867 bits per heavy atom. The van der Waals surface area contributed by atoms with E-state index < -0.39 is 0 Å². The number of rotatable bonds is 4. The second-order valence-electron chi connectivity index (χ2n) is 4.96. The number of piperidine rings is 2. The summed E-state index contributed by atoms with van der Waals surface area (Å²) in [6, 6.07) is 0. The molecule has 2 aliphatic rings. The van der Waals surface area contributed by atoms with Gasteiger partial charge in [-0.25, -0.2) is 0 Å². The predicted octanol–water partition coefficient (Wildman–Crippen LogP) is 1.00. The highest BCUT2D eigenvalue weighted by Gasteiger charge is 2.16. The third-order valence-electron chi connectivity index (χ3n) is 3.50. The van der Waals surface area contributed by atoms with Crippen molar-refractivity contribution in [2.45, 2.75) is 25.7 Å². The average molecular weight is 212 g/mol. The Kier molecular flexibility index (Phi) is 4.90. The summed E-state index contributed by atoms with van der Waals surface area (Å²) in [7, 11) is 0. The van der Waals surface area contributed by atoms with Gasteiger partial charge >= 0.3 is 0 Å². The van der Waals surface area contributed by atoms with Crippen LogP contribution in [0.3, 0.4) is 0 Å². The van der Waals surface area contributed by atoms with Crippen LogP contribution in [0.15, 0.2) is 0 Å². The quantitative estimate of drug-likeness (QED) is 0.729. The van der Waals surface area contributed by atoms with Gasteiger partial charge in [0.15, 0.2) is 0 Å². The normalized spacial score (nSPS) is 32.8. The second kappa shape index (κ2) is 6.46. The van der Waals surface area contributed by atoms with Crippen LogP contribution in [0.4, 0.5) is 0 Å². The van der Waals surface area contributed by atoms with Gasteiger partial charge in [-0.3, -0.25) is 0 Å². The zero-order valence-corrected chi connectivity index (χ0v) is 9.63. The standard InChI is InChI=1S/C12H24N2O/c1-3-11(7-13-5-1)9-15-10-12-4-2-6-14-8-12/h11-14H,1-10H2. The van der Waals surface area contributed by atoms with Crippen molar-refractivity contribution < 1.29 is 4.74 Å². The van der Waals surface area contributed by atoms with Gasteiger partial charge < -0.3 is 15.4 Å². The van der Waals surface area contributed by atoms with E-state index in [1.165, 1.54) is 38.8 Å². The van der Waals surface area contributed by atoms with Crippen molar-refractivity contribution in [3.8, 4) is 0 Å². The Bertz CT molecular complexity index is 145. The highest BCUT2D eigenvalue weighted by molar-refractivity contribution is 4.70. The van der Waals surface area contributed by atoms with E-state index >= 15 is 0 Å². The van der Waals surface area contributed by atoms with Gasteiger partial charge in [-0.15, -0.1) is 0 Å². The van der Waals surface area contributed by atoms with E-state index in [9.17, 15) is 0 Å². The van der Waals surface area contributed by atoms with Gasteiger partial charge in [-0.2, -0.15) is 0 Å². The number of hydrogen-bond donors (Lipinski definition) is 2. The molecule has 88 valence electrons. The lowest BCUT2D eigenvalue weighted by atomic mass is 9.99. The van der Waals surface area contributed by atoms with Crippen LogP contribution >= 0.6 is 0 Å². The molecule has 0 aromatic carbocycles. The summed E-state index contributed by atoms with van der Waals surface area (Å²) in [6.45, 7) is 6.63. The molecule has 0 radical (unpaired) electrons. The predicted molar refractivity (Wildman–Crippen MR) is 62.0 cm³/mol. The Morgan fingerprint density at radius 3 is 1.80 bits per heavy atom. The van der Waals surface area contributed by atoms with Crippen LogP contribution in [0.1, 0.15) is 25.7 Å². The minimum absolute atomic E-state index is 0.760. The summed E-state index contributed by atoms with van der Waals surface area (Å²) in [5.41, 5.74) is 0. The summed E-state index contributed by atoms with van der Waals surface area (Å²) in [5.74, 6) is 1.52. The Hall–Kier alpha value is -0.120. The molecule has 0 spiro atoms. The lowest BCUT2D eigenvalue weighted by Gasteiger charge is -2.25. The van der Waals surface area contributed by atoms with Crippen molar-refractivity contribution in [1.29, 1.82) is 0 Å². The van der Waals surface area contributed by atoms with Gasteiger partial charge in [0.25, 0.3) is 0 Å². The van der Waals surface area contributed by atoms with Crippen molar-refractivity contribution in [2.75, 3.05) is 39.4 Å². The summed E-state index contributed by atoms with van der Waals surface area (Å²) in [5, 5.41) is 6.86. The number of ether oxygens (including phenoxy) is 1. The number of nitrogens with one attached hydrogen (secondary N) is 2. The van der Waals surface area contributed by atoms with E-state index in [-0.39, 0.29) is 0 Å². The summed E-state index contributed by atoms with van der Waals surface area (Å²) in [4.78, 5) is 0. The van der Waals surface area contributed by atoms with E-state index in [1.54, 1.807) is 0 Å². The average Bonchev–Trinajstić information content (AvgIpc) is 2.32. The van der Waals surface area contributed by atoms with Crippen molar-refractivity contribution in [3.05, 3.63) is 0 Å². The maximum Gasteiger partial charge on any atom is 0.0506 e. The minimum atomic E-state index is 0.760. The molecule has 2 saturated heterocycles. The summed E-state index contributed by atoms with van der Waals surface area (Å²) < 4.78 is 5.83. The lowest BCUT2D eigenvalue weighted by Crippen LogP contribution is -2.35. The maximum atomic E-state index is 5.83. The van der Waals surface area contributed by atoms with Crippen LogP contribution in [0.2, 0.25) is 0 Å². The molecule has 2 fully saturated rings. The highest BCUT2D eigenvalue weighted by Crippen LogP contribution is 2.13. The summed E-state index contributed by atoms with van der Waals surface area (Å²) >= 11 is 0. The van der Waals surface area contributed by atoms with E-state index in [0.717, 1.165) is 38.1 Å². The molecule has 2 rings (SSSR count). The van der Waals surface area contributed by atoms with Crippen molar-refractivity contribution in [2.24, 2.45) is 11.8 Å². The van der Waals surface area contributed by atoms with Gasteiger partial charge in [-0.05, 0) is 50.6 Å². The molecular weight excluding hydrogens is 188 g/mol. The van der Waals surface area contributed by atoms with Crippen LogP contribution < -0.4 is 10.6 Å². The molecule has 0 bridgehead atoms. The van der Waals surface area contributed by atoms with Crippen LogP contribution in [0, 0.1) is 11.8 Å². The molecule has 2 unspecified atom stereocenters. The first-order valence-electron chi connectivity index (χ1n) is 6.44. The second-order valence-corrected chi connectivity index (χ2v) is 4.96. The molecular formula is C12H24N2O. The van der Waals surface area contributed by atoms with Crippen LogP contribution in [0.5, 0.6) is 0 Å². The summed E-state index contributed by atoms with van der Waals surface area (Å²) in [6.07, 6.45) is 5.32. The third kappa shape index (κ3) is 4.09. The molecule has 2 N–H and O–H groups in total. The molecule has 15 heavy (non-hydrogen) atoms. The van der Waals surface area contributed by atoms with Gasteiger partial charge in [0, 0.05) is 13.1 Å². The molecule has 0 aromatic rings. The molecule has 0 aliphatic carbocycles. The largest absolute Gasteiger partial charge is 0.381 e. The van der Waals surface area contributed by atoms with Crippen molar-refractivity contribution >= 4 is 0 Å². The monoisotopic (exact) mass is 212 g/mol. The van der Waals surface area contributed by atoms with Gasteiger partial charge in [0.05, 0.1) is 13.2 Å². The molecule has 2 aliphatic heterocycles. The first-order valence-corrected chi connectivity index (χ1v) is 6.44. The topological polar surface area (TPSA) is 33.3 Å². The van der Waals surface area contributed by atoms with Crippen molar-refractivity contribution in [3.63, 3.8) is 0 Å². The molecule has 3 heteroatoms. The third-order valence-corrected chi connectivity index (χ3v) is 3.50. The van der Waals surface area contributed by atoms with Crippen LogP contribution in [-0.4, -0.2) is 39.4 Å². The van der Waals surface area contributed by atoms with E-state index in [1.807, 2.05) is 0 Å². The van der Waals surface area contributed by atoms with E-state index in [0.29, 0.717) is 0 Å². The Balaban J connectivity index is 1.53. The smallest absolute Gasteiger partial charge is 0.0506 e. The Labute approximate surface area is 93.0 Å². The lowest BCUT2D eigenvalue weighted by molar-refractivity contribution is 0.0576. The van der Waals surface area contributed by atoms with E-state index in [2.05, 4.69) is 10.6 Å². The van der Waals surface area contributed by atoms with Gasteiger partial charge in [-0.1, -0.05) is 0 Å². The zero-order chi connectivity index (χ0) is 10.3. The Morgan fingerprint density at radius 2 is 1.40 bits per heavy atom. The van der Waals surface area contributed by atoms with Crippen molar-refractivity contribution in [1.82, 2.24) is 10.6 Å². The fraction of sp³-hybridized carbons (Fsp3) is 1.00. The van der Waals surface area contributed by atoms with E-state index in [4.69, 9.17) is 4.74 Å². The van der Waals surface area contributed by atoms with Crippen LogP contribution in [-0.2, 0) is 4.74 Å². The molecule has 0 aromatic heterocycles. The molecule has 2 heterocycles. The molecule has 0 saturated carbocycles. The fourth-order valence-electron chi connectivity index (χ4n) is 2.53. The molecule has 2 atom stereocenters. The first-order chi connectivity index (χ1) is 7.45. The molecule has 3 nitrogen and oxygen atoms in total. The van der Waals surface area contributed by atoms with Gasteiger partial charge in [0.2, 0.25) is 0 Å². The van der Waals surface area contributed by atoms with Crippen LogP contribution in [0.25, 0.3) is 0 Å². The fourth-order valence-corrected chi connectivity index (χ4v) is 2.53. The maximum absolute atomic E-state index is 5.83.